The minimum absolute atomic E-state index is 0.0381. The molecule has 0 atom stereocenters. The molecule has 0 aliphatic rings. The van der Waals surface area contributed by atoms with Crippen LogP contribution in [0.3, 0.4) is 0 Å². The predicted octanol–water partition coefficient (Wildman–Crippen LogP) is 4.60. The third kappa shape index (κ3) is 8.81. The number of carbonyl (C=O) groups excluding carboxylic acids is 2. The molecule has 0 fully saturated rings. The molecule has 0 aliphatic carbocycles. The van der Waals surface area contributed by atoms with Crippen molar-refractivity contribution < 1.29 is 14.3 Å². The van der Waals surface area contributed by atoms with Gasteiger partial charge in [0.05, 0.1) is 5.60 Å². The number of hydrogen-bond acceptors (Lipinski definition) is 3. The lowest BCUT2D eigenvalue weighted by Crippen LogP contribution is -2.46. The molecule has 0 radical (unpaired) electrons. The van der Waals surface area contributed by atoms with Crippen molar-refractivity contribution in [3.63, 3.8) is 0 Å². The van der Waals surface area contributed by atoms with Gasteiger partial charge in [0.15, 0.2) is 0 Å². The van der Waals surface area contributed by atoms with Gasteiger partial charge in [0.25, 0.3) is 0 Å². The first-order chi connectivity index (χ1) is 10.9. The number of amides is 1. The van der Waals surface area contributed by atoms with Crippen LogP contribution in [0.25, 0.3) is 0 Å². The summed E-state index contributed by atoms with van der Waals surface area (Å²) < 4.78 is 5.96. The van der Waals surface area contributed by atoms with Gasteiger partial charge in [-0.25, -0.2) is 0 Å². The Morgan fingerprint density at radius 2 is 1.67 bits per heavy atom. The molecule has 0 aromatic rings. The van der Waals surface area contributed by atoms with Crippen molar-refractivity contribution in [1.29, 1.82) is 0 Å². The van der Waals surface area contributed by atoms with Crippen LogP contribution >= 0.6 is 0 Å². The molecule has 4 nitrogen and oxygen atoms in total. The van der Waals surface area contributed by atoms with Gasteiger partial charge in [-0.15, -0.1) is 0 Å². The van der Waals surface area contributed by atoms with E-state index in [1.807, 2.05) is 39.6 Å². The van der Waals surface area contributed by atoms with Crippen LogP contribution in [-0.4, -0.2) is 41.4 Å². The Hall–Kier alpha value is -0.900. The van der Waals surface area contributed by atoms with Crippen molar-refractivity contribution in [3.05, 3.63) is 0 Å². The third-order valence-corrected chi connectivity index (χ3v) is 4.73. The van der Waals surface area contributed by atoms with E-state index in [9.17, 15) is 9.59 Å². The lowest BCUT2D eigenvalue weighted by molar-refractivity contribution is -0.136. The van der Waals surface area contributed by atoms with E-state index in [0.717, 1.165) is 25.7 Å². The number of Topliss-reactive ketones (excluding diaryl/α,β-unsaturated/α-hetero) is 1. The van der Waals surface area contributed by atoms with Crippen molar-refractivity contribution in [1.82, 2.24) is 4.90 Å². The highest BCUT2D eigenvalue weighted by Crippen LogP contribution is 2.23. The van der Waals surface area contributed by atoms with Crippen LogP contribution in [0, 0.1) is 5.92 Å². The normalized spacial score (nSPS) is 12.5. The second kappa shape index (κ2) is 10.2. The van der Waals surface area contributed by atoms with Gasteiger partial charge in [0.1, 0.15) is 5.78 Å². The molecule has 0 aliphatic heterocycles. The van der Waals surface area contributed by atoms with Crippen LogP contribution < -0.4 is 0 Å². The van der Waals surface area contributed by atoms with E-state index in [0.29, 0.717) is 19.4 Å². The first-order valence-electron chi connectivity index (χ1n) is 9.36. The number of carbonyl (C=O) groups is 2. The summed E-state index contributed by atoms with van der Waals surface area (Å²) in [6.45, 7) is 14.6. The lowest BCUT2D eigenvalue weighted by atomic mass is 9.95. The summed E-state index contributed by atoms with van der Waals surface area (Å²) in [5.74, 6) is 0.460. The Morgan fingerprint density at radius 1 is 1.08 bits per heavy atom. The molecule has 0 unspecified atom stereocenters. The van der Waals surface area contributed by atoms with Gasteiger partial charge in [-0.05, 0) is 40.5 Å². The minimum atomic E-state index is -0.457. The molecule has 0 spiro atoms. The molecule has 0 saturated carbocycles. The summed E-state index contributed by atoms with van der Waals surface area (Å²) in [7, 11) is 1.88. The highest BCUT2D eigenvalue weighted by Gasteiger charge is 2.29. The van der Waals surface area contributed by atoms with Crippen LogP contribution in [0.5, 0.6) is 0 Å². The smallest absolute Gasteiger partial charge is 0.222 e. The molecule has 24 heavy (non-hydrogen) atoms. The first-order valence-corrected chi connectivity index (χ1v) is 9.36. The largest absolute Gasteiger partial charge is 0.375 e. The topological polar surface area (TPSA) is 46.6 Å². The molecule has 0 aromatic carbocycles. The summed E-state index contributed by atoms with van der Waals surface area (Å²) >= 11 is 0. The average Bonchev–Trinajstić information content (AvgIpc) is 2.45. The standard InChI is InChI=1S/C20H39NO3/c1-9-10-11-12-18(23)21(8)19(4,5)13-14-24-20(6,7)15-17(22)16(2)3/h16H,9-15H2,1-8H3. The maximum atomic E-state index is 12.3. The van der Waals surface area contributed by atoms with Gasteiger partial charge in [-0.2, -0.15) is 0 Å². The summed E-state index contributed by atoms with van der Waals surface area (Å²) in [4.78, 5) is 26.0. The molecule has 0 heterocycles. The molecule has 1 amide bonds. The molecular formula is C20H39NO3. The van der Waals surface area contributed by atoms with Crippen LogP contribution in [-0.2, 0) is 14.3 Å². The molecular weight excluding hydrogens is 302 g/mol. The Balaban J connectivity index is 4.40. The van der Waals surface area contributed by atoms with Gasteiger partial charge >= 0.3 is 0 Å². The van der Waals surface area contributed by atoms with Gasteiger partial charge in [0, 0.05) is 38.0 Å². The van der Waals surface area contributed by atoms with Gasteiger partial charge in [-0.3, -0.25) is 9.59 Å². The summed E-state index contributed by atoms with van der Waals surface area (Å²) in [6, 6.07) is 0. The SMILES string of the molecule is CCCCCC(=O)N(C)C(C)(C)CCOC(C)(C)CC(=O)C(C)C. The van der Waals surface area contributed by atoms with Crippen LogP contribution in [0.15, 0.2) is 0 Å². The van der Waals surface area contributed by atoms with Crippen molar-refractivity contribution >= 4 is 11.7 Å². The van der Waals surface area contributed by atoms with Crippen molar-refractivity contribution in [2.24, 2.45) is 5.92 Å². The van der Waals surface area contributed by atoms with E-state index < -0.39 is 5.60 Å². The molecule has 0 aromatic heterocycles. The van der Waals surface area contributed by atoms with Gasteiger partial charge in [0.2, 0.25) is 5.91 Å². The zero-order valence-corrected chi connectivity index (χ0v) is 17.2. The van der Waals surface area contributed by atoms with E-state index in [2.05, 4.69) is 20.8 Å². The molecule has 0 saturated heterocycles. The first kappa shape index (κ1) is 23.1. The molecule has 4 heteroatoms. The number of nitrogens with zero attached hydrogens (tertiary/aromatic N) is 1. The van der Waals surface area contributed by atoms with Crippen LogP contribution in [0.1, 0.15) is 87.0 Å². The second-order valence-corrected chi connectivity index (χ2v) is 8.38. The lowest BCUT2D eigenvalue weighted by Gasteiger charge is -2.37. The second-order valence-electron chi connectivity index (χ2n) is 8.38. The van der Waals surface area contributed by atoms with Crippen molar-refractivity contribution in [2.75, 3.05) is 13.7 Å². The number of ether oxygens (including phenoxy) is 1. The Labute approximate surface area is 149 Å². The third-order valence-electron chi connectivity index (χ3n) is 4.73. The number of ketones is 1. The van der Waals surface area contributed by atoms with E-state index in [1.54, 1.807) is 0 Å². The highest BCUT2D eigenvalue weighted by molar-refractivity contribution is 5.81. The van der Waals surface area contributed by atoms with E-state index in [1.165, 1.54) is 0 Å². The van der Waals surface area contributed by atoms with Crippen molar-refractivity contribution in [2.45, 2.75) is 98.1 Å². The number of rotatable bonds is 12. The molecule has 142 valence electrons. The maximum Gasteiger partial charge on any atom is 0.222 e. The molecule has 0 N–H and O–H groups in total. The highest BCUT2D eigenvalue weighted by atomic mass is 16.5. The number of unbranched alkanes of at least 4 members (excludes halogenated alkanes) is 2. The minimum Gasteiger partial charge on any atom is -0.375 e. The summed E-state index contributed by atoms with van der Waals surface area (Å²) in [5, 5.41) is 0. The quantitative estimate of drug-likeness (QED) is 0.487. The summed E-state index contributed by atoms with van der Waals surface area (Å²) in [6.07, 6.45) is 4.97. The van der Waals surface area contributed by atoms with Gasteiger partial charge in [-0.1, -0.05) is 33.6 Å². The van der Waals surface area contributed by atoms with Crippen LogP contribution in [0.2, 0.25) is 0 Å². The van der Waals surface area contributed by atoms with Crippen molar-refractivity contribution in [3.8, 4) is 0 Å². The Kier molecular flexibility index (Phi) is 9.79. The zero-order chi connectivity index (χ0) is 19.0. The maximum absolute atomic E-state index is 12.3. The number of hydrogen-bond donors (Lipinski definition) is 0. The predicted molar refractivity (Wildman–Crippen MR) is 100 cm³/mol. The fourth-order valence-corrected chi connectivity index (χ4v) is 2.45. The monoisotopic (exact) mass is 341 g/mol. The fourth-order valence-electron chi connectivity index (χ4n) is 2.45. The zero-order valence-electron chi connectivity index (χ0n) is 17.2. The molecule has 0 bridgehead atoms. The van der Waals surface area contributed by atoms with E-state index in [-0.39, 0.29) is 23.1 Å². The molecule has 0 rings (SSSR count). The fraction of sp³-hybridized carbons (Fsp3) is 0.900. The van der Waals surface area contributed by atoms with E-state index in [4.69, 9.17) is 4.74 Å². The van der Waals surface area contributed by atoms with Crippen LogP contribution in [0.4, 0.5) is 0 Å². The van der Waals surface area contributed by atoms with Gasteiger partial charge < -0.3 is 9.64 Å². The van der Waals surface area contributed by atoms with E-state index >= 15 is 0 Å². The summed E-state index contributed by atoms with van der Waals surface area (Å²) in [5.41, 5.74) is -0.706. The Morgan fingerprint density at radius 3 is 2.17 bits per heavy atom. The average molecular weight is 342 g/mol. The Bertz CT molecular complexity index is 400.